The molecule has 0 radical (unpaired) electrons. The highest BCUT2D eigenvalue weighted by Gasteiger charge is 2.64. The van der Waals surface area contributed by atoms with Crippen LogP contribution >= 0.6 is 31.9 Å². The van der Waals surface area contributed by atoms with E-state index in [1.54, 1.807) is 41.5 Å². The fraction of sp³-hybridized carbons (Fsp3) is 0.541. The van der Waals surface area contributed by atoms with E-state index in [0.717, 1.165) is 97.6 Å². The highest BCUT2D eigenvalue weighted by molar-refractivity contribution is 9.11. The molecular weight excluding hydrogens is 1820 g/mol. The second-order valence-corrected chi connectivity index (χ2v) is 42.1. The summed E-state index contributed by atoms with van der Waals surface area (Å²) in [5.74, 6) is -5.56. The van der Waals surface area contributed by atoms with Crippen molar-refractivity contribution in [2.24, 2.45) is 0 Å². The van der Waals surface area contributed by atoms with Gasteiger partial charge in [-0.1, -0.05) is 113 Å². The van der Waals surface area contributed by atoms with Gasteiger partial charge >= 0.3 is 33.3 Å². The maximum absolute atomic E-state index is 13.9. The van der Waals surface area contributed by atoms with E-state index in [9.17, 15) is 65.6 Å². The zero-order chi connectivity index (χ0) is 97.4. The highest BCUT2D eigenvalue weighted by atomic mass is 79.9. The molecule has 7 N–H and O–H groups in total. The predicted molar refractivity (Wildman–Crippen MR) is 508 cm³/mol. The number of benzene rings is 6. The van der Waals surface area contributed by atoms with Gasteiger partial charge in [0, 0.05) is 55.5 Å². The molecule has 3 heterocycles. The number of aliphatic hydroxyl groups excluding tert-OH is 3. The van der Waals surface area contributed by atoms with Crippen LogP contribution in [0.2, 0.25) is 0 Å². The molecule has 131 heavy (non-hydrogen) atoms. The number of nitrogens with one attached hydrogen (secondary N) is 4. The molecule has 12 rings (SSSR count). The normalized spacial score (nSPS) is 19.2. The topological polar surface area (TPSA) is 274 Å². The van der Waals surface area contributed by atoms with Crippen LogP contribution in [0, 0.1) is 34.9 Å². The lowest BCUT2D eigenvalue weighted by molar-refractivity contribution is -0.121. The number of amides is 5. The standard InChI is InChI=1S/C32H43BF2N2O6.C26H31BrF2N2O4.C24H28F2N2O2.C12H24B2O4.C3H5Br.CH4/c1-20(38)36-26(16-21-14-24(34)18-25(35)15-21)27(39)19-37(28(40)41-29(2,3)4)32(12-13-32)22-10-9-11-23(17-22)33-42-30(5,6)31(7,8)43-33;1-16(32)30-22(12-17-10-20(28)14-21(29)11-17)23(33)15-31(24(34)35-25(2,3)4)26(8-9-26)18-6-5-7-19(27)13-18;1-15(2)18-5-4-6-19(12-18)24(7-8-24)27-14-23(30)22(28-16(3)29)11-17-9-20(25)13-21(26)10-17;1-9(2)10(3,4)16-13(15-9)14-17-11(5,6)12(7,8)18-14;1-3(2)4;/h9-11,14-15,17-18,26-27,39H,12-13,16,19H2,1-8H3,(H,36,38);5-7,10-11,13-14,22-23,33H,8-9,12,15H2,1-4H3,(H,30,32);4-6,9-10,12-13,22-23,27,30H,1,7-8,11,14H2,2-3H3,(H,28,29);1-8H3;1H2,2H3;1H4/t26-,27+;2*22-,23+;;;/m000.../s1. The third kappa shape index (κ3) is 30.5. The smallest absolute Gasteiger partial charge is 0.444 e. The van der Waals surface area contributed by atoms with Crippen LogP contribution in [-0.4, -0.2) is 177 Å². The molecule has 6 aromatic carbocycles. The van der Waals surface area contributed by atoms with Gasteiger partial charge in [-0.05, 0) is 300 Å². The van der Waals surface area contributed by atoms with Crippen LogP contribution in [0.1, 0.15) is 244 Å². The van der Waals surface area contributed by atoms with Gasteiger partial charge in [0.05, 0.1) is 94.2 Å². The van der Waals surface area contributed by atoms with E-state index in [1.807, 2.05) is 158 Å². The first-order valence-electron chi connectivity index (χ1n) is 43.9. The third-order valence-electron chi connectivity index (χ3n) is 24.5. The molecule has 6 atom stereocenters. The number of ether oxygens (including phenoxy) is 2. The van der Waals surface area contributed by atoms with Crippen molar-refractivity contribution in [2.75, 3.05) is 19.6 Å². The summed E-state index contributed by atoms with van der Waals surface area (Å²) in [6.45, 7) is 49.8. The number of halogens is 8. The summed E-state index contributed by atoms with van der Waals surface area (Å²) < 4.78 is 132. The molecule has 3 saturated carbocycles. The average molecular weight is 1960 g/mol. The number of carbonyl (C=O) groups excluding carboxylic acids is 5. The molecule has 3 aliphatic carbocycles. The van der Waals surface area contributed by atoms with E-state index in [2.05, 4.69) is 78.4 Å². The van der Waals surface area contributed by atoms with Crippen molar-refractivity contribution in [1.82, 2.24) is 31.1 Å². The second-order valence-electron chi connectivity index (χ2n) is 39.8. The Morgan fingerprint density at radius 3 is 1.06 bits per heavy atom. The Labute approximate surface area is 788 Å². The summed E-state index contributed by atoms with van der Waals surface area (Å²) in [6.07, 6.45) is -0.147. The van der Waals surface area contributed by atoms with Crippen LogP contribution in [0.5, 0.6) is 0 Å². The Morgan fingerprint density at radius 1 is 0.450 bits per heavy atom. The first-order chi connectivity index (χ1) is 59.9. The monoisotopic (exact) mass is 1960 g/mol. The molecular formula is C98H135B3Br2F6N6O16. The molecule has 5 amide bonds. The number of aliphatic hydroxyl groups is 3. The Bertz CT molecular complexity index is 4860. The largest absolute Gasteiger partial charge is 0.494 e. The number of hydrogen-bond acceptors (Lipinski definition) is 17. The zero-order valence-corrected chi connectivity index (χ0v) is 82.5. The van der Waals surface area contributed by atoms with Crippen molar-refractivity contribution in [3.05, 3.63) is 223 Å². The van der Waals surface area contributed by atoms with Crippen LogP contribution in [0.4, 0.5) is 35.9 Å². The summed E-state index contributed by atoms with van der Waals surface area (Å²) in [7, 11) is -1.55. The summed E-state index contributed by atoms with van der Waals surface area (Å²) in [5.41, 5.74) is 0.919. The minimum Gasteiger partial charge on any atom is -0.444 e. The molecule has 6 aromatic rings. The van der Waals surface area contributed by atoms with E-state index < -0.39 is 150 Å². The van der Waals surface area contributed by atoms with Crippen molar-refractivity contribution < 1.29 is 103 Å². The molecule has 6 fully saturated rings. The lowest BCUT2D eigenvalue weighted by Crippen LogP contribution is -2.53. The molecule has 718 valence electrons. The molecule has 3 saturated heterocycles. The van der Waals surface area contributed by atoms with E-state index >= 15 is 0 Å². The minimum absolute atomic E-state index is 0. The van der Waals surface area contributed by atoms with Crippen molar-refractivity contribution in [1.29, 1.82) is 0 Å². The summed E-state index contributed by atoms with van der Waals surface area (Å²) in [4.78, 5) is 65.6. The quantitative estimate of drug-likeness (QED) is 0.0186. The number of carbonyl (C=O) groups is 5. The SMILES string of the molecule is C.C=C(C)Br.C=C(C)c1cccc(C2(NC[C@@H](O)[C@H](Cc3cc(F)cc(F)c3)NC(C)=O)CC2)c1.CC(=O)N[C@@H](Cc1cc(F)cc(F)c1)[C@H](O)CN(C(=O)OC(C)(C)C)C1(c2cccc(B3OC(C)(C)C(C)(C)O3)c2)CC1.CC(=O)N[C@@H](Cc1cc(F)cc(F)c1)[C@H](O)CN(C(=O)OC(C)(C)C)C1(c2cccc(Br)c2)CC1.CC1(C)OB(B2OC(C)(C)C(C)(C)O2)OC1(C)C. The average Bonchev–Trinajstić information content (AvgIpc) is 1.75. The van der Waals surface area contributed by atoms with Crippen LogP contribution < -0.4 is 26.7 Å². The summed E-state index contributed by atoms with van der Waals surface area (Å²) in [5, 5.41) is 44.9. The Hall–Kier alpha value is -7.92. The number of hydrogen-bond donors (Lipinski definition) is 7. The first kappa shape index (κ1) is 110. The van der Waals surface area contributed by atoms with Gasteiger partial charge in [-0.25, -0.2) is 35.9 Å². The molecule has 0 unspecified atom stereocenters. The number of nitrogens with zero attached hydrogens (tertiary/aromatic N) is 2. The fourth-order valence-electron chi connectivity index (χ4n) is 15.3. The molecule has 22 nitrogen and oxygen atoms in total. The van der Waals surface area contributed by atoms with Gasteiger partial charge in [0.1, 0.15) is 46.1 Å². The Balaban J connectivity index is 0.000000243. The molecule has 0 spiro atoms. The van der Waals surface area contributed by atoms with Gasteiger partial charge in [-0.3, -0.25) is 24.2 Å². The van der Waals surface area contributed by atoms with Crippen molar-refractivity contribution in [3.8, 4) is 0 Å². The van der Waals surface area contributed by atoms with E-state index in [1.165, 1.54) is 42.7 Å². The molecule has 0 bridgehead atoms. The van der Waals surface area contributed by atoms with Crippen LogP contribution in [0.15, 0.2) is 150 Å². The third-order valence-corrected chi connectivity index (χ3v) is 25.0. The highest BCUT2D eigenvalue weighted by Crippen LogP contribution is 2.54. The van der Waals surface area contributed by atoms with Gasteiger partial charge in [-0.2, -0.15) is 0 Å². The molecule has 33 heteroatoms. The van der Waals surface area contributed by atoms with Crippen molar-refractivity contribution in [2.45, 2.75) is 322 Å². The number of allylic oxidation sites excluding steroid dienone is 2. The maximum Gasteiger partial charge on any atom is 0.494 e. The van der Waals surface area contributed by atoms with Gasteiger partial charge in [0.15, 0.2) is 0 Å². The van der Waals surface area contributed by atoms with Crippen molar-refractivity contribution >= 4 is 93.9 Å². The van der Waals surface area contributed by atoms with E-state index in [0.29, 0.717) is 31.2 Å². The van der Waals surface area contributed by atoms with Gasteiger partial charge < -0.3 is 74.0 Å². The Kier molecular flexibility index (Phi) is 36.8. The van der Waals surface area contributed by atoms with Crippen molar-refractivity contribution in [3.63, 3.8) is 0 Å². The second kappa shape index (κ2) is 43.8. The first-order valence-corrected chi connectivity index (χ1v) is 45.5. The molecule has 6 aliphatic rings. The van der Waals surface area contributed by atoms with Gasteiger partial charge in [0.2, 0.25) is 17.7 Å². The Morgan fingerprint density at radius 2 is 0.756 bits per heavy atom. The fourth-order valence-corrected chi connectivity index (χ4v) is 15.7. The molecule has 0 aromatic heterocycles. The van der Waals surface area contributed by atoms with Crippen LogP contribution in [0.3, 0.4) is 0 Å². The summed E-state index contributed by atoms with van der Waals surface area (Å²) in [6, 6.07) is 30.3. The molecule has 3 aliphatic heterocycles. The maximum atomic E-state index is 13.9. The minimum atomic E-state index is -1.29. The predicted octanol–water partition coefficient (Wildman–Crippen LogP) is 18.1. The van der Waals surface area contributed by atoms with Crippen LogP contribution in [0.25, 0.3) is 5.57 Å². The van der Waals surface area contributed by atoms with Gasteiger partial charge in [-0.15, -0.1) is 0 Å². The lowest BCUT2D eigenvalue weighted by atomic mass is 9.49. The zero-order valence-electron chi connectivity index (χ0n) is 79.3. The van der Waals surface area contributed by atoms with Gasteiger partial charge in [0.25, 0.3) is 0 Å². The van der Waals surface area contributed by atoms with E-state index in [-0.39, 0.29) is 91.3 Å². The lowest BCUT2D eigenvalue weighted by Gasteiger charge is -2.37. The number of rotatable bonds is 27. The van der Waals surface area contributed by atoms with Crippen LogP contribution in [-0.2, 0) is 87.7 Å². The van der Waals surface area contributed by atoms with E-state index in [4.69, 9.17) is 37.4 Å². The summed E-state index contributed by atoms with van der Waals surface area (Å²) >= 11 is 6.55.